The smallest absolute Gasteiger partial charge is 0.230 e. The number of guanidine groups is 1. The molecule has 1 amide bonds. The van der Waals surface area contributed by atoms with E-state index in [1.54, 1.807) is 0 Å². The number of hydrogen-bond acceptors (Lipinski definition) is 4. The van der Waals surface area contributed by atoms with Gasteiger partial charge in [0.1, 0.15) is 6.17 Å². The van der Waals surface area contributed by atoms with E-state index in [9.17, 15) is 4.79 Å². The van der Waals surface area contributed by atoms with Gasteiger partial charge in [-0.15, -0.1) is 0 Å². The van der Waals surface area contributed by atoms with E-state index in [0.717, 1.165) is 0 Å². The molecule has 0 aromatic rings. The minimum atomic E-state index is -0.459. The lowest BCUT2D eigenvalue weighted by Crippen LogP contribution is -2.45. The van der Waals surface area contributed by atoms with Crippen molar-refractivity contribution in [2.45, 2.75) is 12.6 Å². The Bertz CT molecular complexity index is 164. The Kier molecular flexibility index (Phi) is 1.35. The Balaban J connectivity index is 2.67. The summed E-state index contributed by atoms with van der Waals surface area (Å²) < 4.78 is 0. The first-order chi connectivity index (χ1) is 4.18. The molecular weight excluding hydrogens is 120 g/mol. The maximum Gasteiger partial charge on any atom is 0.230 e. The van der Waals surface area contributed by atoms with E-state index >= 15 is 0 Å². The maximum atomic E-state index is 10.5. The SMILES string of the molecule is NC1=NC(N)CC(=O)N1. The zero-order valence-corrected chi connectivity index (χ0v) is 4.79. The molecule has 1 aliphatic rings. The lowest BCUT2D eigenvalue weighted by atomic mass is 10.3. The van der Waals surface area contributed by atoms with Gasteiger partial charge in [0.15, 0.2) is 5.96 Å². The van der Waals surface area contributed by atoms with Crippen molar-refractivity contribution in [3.63, 3.8) is 0 Å². The van der Waals surface area contributed by atoms with Gasteiger partial charge in [-0.25, -0.2) is 4.99 Å². The van der Waals surface area contributed by atoms with Crippen molar-refractivity contribution in [2.24, 2.45) is 16.5 Å². The predicted molar refractivity (Wildman–Crippen MR) is 32.4 cm³/mol. The van der Waals surface area contributed by atoms with Crippen LogP contribution < -0.4 is 16.8 Å². The van der Waals surface area contributed by atoms with Gasteiger partial charge in [0.25, 0.3) is 0 Å². The third kappa shape index (κ3) is 1.39. The molecule has 0 aromatic heterocycles. The third-order valence-electron chi connectivity index (χ3n) is 0.967. The molecule has 1 rings (SSSR count). The van der Waals surface area contributed by atoms with Crippen molar-refractivity contribution in [1.29, 1.82) is 0 Å². The van der Waals surface area contributed by atoms with Crippen LogP contribution in [0.4, 0.5) is 0 Å². The fourth-order valence-corrected chi connectivity index (χ4v) is 0.640. The summed E-state index contributed by atoms with van der Waals surface area (Å²) in [5, 5.41) is 2.32. The second-order valence-corrected chi connectivity index (χ2v) is 1.83. The van der Waals surface area contributed by atoms with Gasteiger partial charge in [0, 0.05) is 0 Å². The molecule has 5 nitrogen and oxygen atoms in total. The Hall–Kier alpha value is -1.10. The van der Waals surface area contributed by atoms with Gasteiger partial charge < -0.3 is 11.5 Å². The molecule has 1 unspecified atom stereocenters. The van der Waals surface area contributed by atoms with E-state index in [4.69, 9.17) is 11.5 Å². The molecule has 9 heavy (non-hydrogen) atoms. The van der Waals surface area contributed by atoms with Crippen LogP contribution >= 0.6 is 0 Å². The van der Waals surface area contributed by atoms with Crippen LogP contribution in [-0.4, -0.2) is 18.0 Å². The quantitative estimate of drug-likeness (QED) is 0.356. The number of nitrogens with zero attached hydrogens (tertiary/aromatic N) is 1. The monoisotopic (exact) mass is 128 g/mol. The van der Waals surface area contributed by atoms with Gasteiger partial charge in [-0.05, 0) is 0 Å². The van der Waals surface area contributed by atoms with Crippen LogP contribution in [0.5, 0.6) is 0 Å². The average molecular weight is 128 g/mol. The first kappa shape index (κ1) is 6.03. The molecule has 1 atom stereocenters. The van der Waals surface area contributed by atoms with Crippen LogP contribution in [-0.2, 0) is 4.79 Å². The van der Waals surface area contributed by atoms with Crippen molar-refractivity contribution in [3.05, 3.63) is 0 Å². The van der Waals surface area contributed by atoms with Gasteiger partial charge in [0.2, 0.25) is 5.91 Å². The van der Waals surface area contributed by atoms with Gasteiger partial charge in [-0.3, -0.25) is 10.1 Å². The summed E-state index contributed by atoms with van der Waals surface area (Å²) in [5.41, 5.74) is 10.4. The zero-order valence-electron chi connectivity index (χ0n) is 4.79. The average Bonchev–Trinajstić information content (AvgIpc) is 1.59. The fourth-order valence-electron chi connectivity index (χ4n) is 0.640. The first-order valence-corrected chi connectivity index (χ1v) is 2.57. The Labute approximate surface area is 52.1 Å². The van der Waals surface area contributed by atoms with E-state index in [0.29, 0.717) is 0 Å². The Morgan fingerprint density at radius 1 is 1.78 bits per heavy atom. The molecule has 0 aliphatic carbocycles. The zero-order chi connectivity index (χ0) is 6.85. The highest BCUT2D eigenvalue weighted by Crippen LogP contribution is 1.93. The molecule has 0 radical (unpaired) electrons. The van der Waals surface area contributed by atoms with Crippen molar-refractivity contribution >= 4 is 11.9 Å². The number of aliphatic imine (C=N–C) groups is 1. The Morgan fingerprint density at radius 2 is 2.44 bits per heavy atom. The van der Waals surface area contributed by atoms with Gasteiger partial charge >= 0.3 is 0 Å². The van der Waals surface area contributed by atoms with Crippen LogP contribution in [0.25, 0.3) is 0 Å². The van der Waals surface area contributed by atoms with E-state index in [1.165, 1.54) is 0 Å². The molecule has 0 saturated carbocycles. The normalized spacial score (nSPS) is 27.0. The molecule has 0 saturated heterocycles. The number of rotatable bonds is 0. The minimum absolute atomic E-state index is 0.110. The predicted octanol–water partition coefficient (Wildman–Crippen LogP) is -1.89. The lowest BCUT2D eigenvalue weighted by molar-refractivity contribution is -0.120. The summed E-state index contributed by atoms with van der Waals surface area (Å²) in [6.07, 6.45) is -0.237. The van der Waals surface area contributed by atoms with E-state index in [2.05, 4.69) is 10.3 Å². The van der Waals surface area contributed by atoms with Gasteiger partial charge in [-0.1, -0.05) is 0 Å². The minimum Gasteiger partial charge on any atom is -0.370 e. The highest BCUT2D eigenvalue weighted by molar-refractivity contribution is 5.98. The topological polar surface area (TPSA) is 93.5 Å². The molecule has 5 heteroatoms. The van der Waals surface area contributed by atoms with Crippen molar-refractivity contribution in [1.82, 2.24) is 5.32 Å². The molecule has 0 spiro atoms. The molecule has 50 valence electrons. The molecular formula is C4H8N4O. The van der Waals surface area contributed by atoms with Crippen molar-refractivity contribution in [2.75, 3.05) is 0 Å². The van der Waals surface area contributed by atoms with Crippen LogP contribution in [0.3, 0.4) is 0 Å². The summed E-state index contributed by atoms with van der Waals surface area (Å²) in [4.78, 5) is 14.2. The van der Waals surface area contributed by atoms with Crippen molar-refractivity contribution < 1.29 is 4.79 Å². The van der Waals surface area contributed by atoms with Gasteiger partial charge in [-0.2, -0.15) is 0 Å². The number of nitrogens with one attached hydrogen (secondary N) is 1. The number of nitrogens with two attached hydrogens (primary N) is 2. The largest absolute Gasteiger partial charge is 0.370 e. The third-order valence-corrected chi connectivity index (χ3v) is 0.967. The first-order valence-electron chi connectivity index (χ1n) is 2.57. The molecule has 0 bridgehead atoms. The van der Waals surface area contributed by atoms with Gasteiger partial charge in [0.05, 0.1) is 6.42 Å². The van der Waals surface area contributed by atoms with Crippen LogP contribution in [0.1, 0.15) is 6.42 Å². The molecule has 1 aliphatic heterocycles. The van der Waals surface area contributed by atoms with Crippen LogP contribution in [0.2, 0.25) is 0 Å². The number of carbonyl (C=O) groups excluding carboxylic acids is 1. The summed E-state index contributed by atoms with van der Waals surface area (Å²) in [5.74, 6) is -0.0613. The fraction of sp³-hybridized carbons (Fsp3) is 0.500. The molecule has 0 aromatic carbocycles. The molecule has 5 N–H and O–H groups in total. The highest BCUT2D eigenvalue weighted by atomic mass is 16.1. The standard InChI is InChI=1S/C4H8N4O/c5-2-1-3(9)8-4(6)7-2/h2H,1,5H2,(H3,6,7,8,9). The summed E-state index contributed by atoms with van der Waals surface area (Å²) in [7, 11) is 0. The number of carbonyl (C=O) groups is 1. The van der Waals surface area contributed by atoms with Crippen LogP contribution in [0.15, 0.2) is 4.99 Å². The van der Waals surface area contributed by atoms with Crippen LogP contribution in [0, 0.1) is 0 Å². The number of amides is 1. The molecule has 0 fully saturated rings. The van der Waals surface area contributed by atoms with E-state index < -0.39 is 6.17 Å². The lowest BCUT2D eigenvalue weighted by Gasteiger charge is -2.13. The number of hydrogen-bond donors (Lipinski definition) is 3. The van der Waals surface area contributed by atoms with E-state index in [-0.39, 0.29) is 18.3 Å². The van der Waals surface area contributed by atoms with E-state index in [1.807, 2.05) is 0 Å². The molecule has 1 heterocycles. The summed E-state index contributed by atoms with van der Waals surface area (Å²) in [6.45, 7) is 0. The second-order valence-electron chi connectivity index (χ2n) is 1.83. The highest BCUT2D eigenvalue weighted by Gasteiger charge is 2.14. The second kappa shape index (κ2) is 2.02. The maximum absolute atomic E-state index is 10.5. The van der Waals surface area contributed by atoms with Crippen molar-refractivity contribution in [3.8, 4) is 0 Å². The summed E-state index contributed by atoms with van der Waals surface area (Å²) in [6, 6.07) is 0. The Morgan fingerprint density at radius 3 is 2.89 bits per heavy atom. The summed E-state index contributed by atoms with van der Waals surface area (Å²) >= 11 is 0.